The second-order valence-corrected chi connectivity index (χ2v) is 8.22. The van der Waals surface area contributed by atoms with E-state index in [1.54, 1.807) is 77.6 Å². The van der Waals surface area contributed by atoms with E-state index in [2.05, 4.69) is 15.5 Å². The third-order valence-corrected chi connectivity index (χ3v) is 5.27. The fraction of sp³-hybridized carbons (Fsp3) is 0.385. The summed E-state index contributed by atoms with van der Waals surface area (Å²) in [5.41, 5.74) is 1.45. The number of amides is 1. The highest BCUT2D eigenvalue weighted by atomic mass is 16.5. The SMILES string of the molecule is COc1ccc(C(CC(=O)OC(C)C)NC(=O)CCc2nc(-c3ccc(OC)c(OC)c3)no2)cc1. The number of benzene rings is 2. The molecule has 3 rings (SSSR count). The van der Waals surface area contributed by atoms with Gasteiger partial charge in [-0.05, 0) is 49.7 Å². The molecule has 0 spiro atoms. The smallest absolute Gasteiger partial charge is 0.308 e. The summed E-state index contributed by atoms with van der Waals surface area (Å²) in [6.07, 6.45) is 0.0829. The lowest BCUT2D eigenvalue weighted by molar-refractivity contribution is -0.148. The molecule has 0 fully saturated rings. The largest absolute Gasteiger partial charge is 0.497 e. The van der Waals surface area contributed by atoms with Crippen molar-refractivity contribution in [1.82, 2.24) is 15.5 Å². The zero-order valence-electron chi connectivity index (χ0n) is 21.1. The quantitative estimate of drug-likeness (QED) is 0.371. The average Bonchev–Trinajstić information content (AvgIpc) is 3.35. The highest BCUT2D eigenvalue weighted by Crippen LogP contribution is 2.31. The normalized spacial score (nSPS) is 11.6. The van der Waals surface area contributed by atoms with Crippen molar-refractivity contribution >= 4 is 11.9 Å². The number of ether oxygens (including phenoxy) is 4. The summed E-state index contributed by atoms with van der Waals surface area (Å²) >= 11 is 0. The lowest BCUT2D eigenvalue weighted by atomic mass is 10.0. The summed E-state index contributed by atoms with van der Waals surface area (Å²) in [4.78, 5) is 29.4. The summed E-state index contributed by atoms with van der Waals surface area (Å²) in [5.74, 6) is 1.83. The Morgan fingerprint density at radius 3 is 2.33 bits per heavy atom. The van der Waals surface area contributed by atoms with Crippen molar-refractivity contribution < 1.29 is 33.1 Å². The first-order valence-electron chi connectivity index (χ1n) is 11.5. The van der Waals surface area contributed by atoms with E-state index in [4.69, 9.17) is 23.5 Å². The molecule has 10 heteroatoms. The maximum atomic E-state index is 12.7. The minimum absolute atomic E-state index is 0.000255. The molecular weight excluding hydrogens is 466 g/mol. The molecule has 1 aromatic heterocycles. The van der Waals surface area contributed by atoms with Crippen LogP contribution in [0.2, 0.25) is 0 Å². The molecule has 0 radical (unpaired) electrons. The van der Waals surface area contributed by atoms with Crippen LogP contribution in [0, 0.1) is 0 Å². The second kappa shape index (κ2) is 12.6. The molecule has 0 saturated carbocycles. The Bertz CT molecular complexity index is 1160. The van der Waals surface area contributed by atoms with Gasteiger partial charge < -0.3 is 28.8 Å². The molecule has 36 heavy (non-hydrogen) atoms. The van der Waals surface area contributed by atoms with E-state index in [-0.39, 0.29) is 31.3 Å². The maximum Gasteiger partial charge on any atom is 0.308 e. The van der Waals surface area contributed by atoms with Crippen LogP contribution in [0.1, 0.15) is 44.2 Å². The van der Waals surface area contributed by atoms with Gasteiger partial charge >= 0.3 is 5.97 Å². The van der Waals surface area contributed by atoms with Crippen LogP contribution >= 0.6 is 0 Å². The highest BCUT2D eigenvalue weighted by Gasteiger charge is 2.21. The molecule has 2 aromatic carbocycles. The molecule has 1 unspecified atom stereocenters. The van der Waals surface area contributed by atoms with Crippen molar-refractivity contribution in [3.05, 3.63) is 53.9 Å². The number of carbonyl (C=O) groups is 2. The van der Waals surface area contributed by atoms with Gasteiger partial charge in [-0.1, -0.05) is 17.3 Å². The Morgan fingerprint density at radius 1 is 0.972 bits per heavy atom. The zero-order chi connectivity index (χ0) is 26.1. The molecule has 0 bridgehead atoms. The number of carbonyl (C=O) groups excluding carboxylic acids is 2. The van der Waals surface area contributed by atoms with Crippen LogP contribution < -0.4 is 19.5 Å². The van der Waals surface area contributed by atoms with Crippen LogP contribution in [0.25, 0.3) is 11.4 Å². The first-order valence-corrected chi connectivity index (χ1v) is 11.5. The van der Waals surface area contributed by atoms with Gasteiger partial charge in [0.2, 0.25) is 17.6 Å². The van der Waals surface area contributed by atoms with Crippen molar-refractivity contribution in [3.63, 3.8) is 0 Å². The van der Waals surface area contributed by atoms with E-state index in [9.17, 15) is 9.59 Å². The number of aryl methyl sites for hydroxylation is 1. The zero-order valence-corrected chi connectivity index (χ0v) is 21.1. The monoisotopic (exact) mass is 497 g/mol. The van der Waals surface area contributed by atoms with E-state index in [0.717, 1.165) is 5.56 Å². The number of nitrogens with zero attached hydrogens (tertiary/aromatic N) is 2. The Hall–Kier alpha value is -4.08. The van der Waals surface area contributed by atoms with Gasteiger partial charge in [-0.2, -0.15) is 4.98 Å². The van der Waals surface area contributed by atoms with Gasteiger partial charge in [0.25, 0.3) is 0 Å². The third-order valence-electron chi connectivity index (χ3n) is 5.27. The second-order valence-electron chi connectivity index (χ2n) is 8.22. The van der Waals surface area contributed by atoms with Gasteiger partial charge in [-0.25, -0.2) is 0 Å². The van der Waals surface area contributed by atoms with Crippen molar-refractivity contribution in [2.75, 3.05) is 21.3 Å². The number of nitrogens with one attached hydrogen (secondary N) is 1. The summed E-state index contributed by atoms with van der Waals surface area (Å²) in [7, 11) is 4.67. The minimum Gasteiger partial charge on any atom is -0.497 e. The summed E-state index contributed by atoms with van der Waals surface area (Å²) in [6, 6.07) is 11.9. The molecule has 0 aliphatic heterocycles. The molecule has 0 saturated heterocycles. The molecular formula is C26H31N3O7. The Kier molecular flexibility index (Phi) is 9.26. The van der Waals surface area contributed by atoms with Crippen LogP contribution in [0.3, 0.4) is 0 Å². The fourth-order valence-electron chi connectivity index (χ4n) is 3.50. The van der Waals surface area contributed by atoms with E-state index >= 15 is 0 Å². The average molecular weight is 498 g/mol. The molecule has 1 heterocycles. The van der Waals surface area contributed by atoms with E-state index in [1.165, 1.54) is 0 Å². The molecule has 3 aromatic rings. The molecule has 0 aliphatic carbocycles. The lowest BCUT2D eigenvalue weighted by Crippen LogP contribution is -2.31. The number of esters is 1. The van der Waals surface area contributed by atoms with Crippen LogP contribution in [-0.2, 0) is 20.7 Å². The van der Waals surface area contributed by atoms with E-state index in [0.29, 0.717) is 34.5 Å². The molecule has 10 nitrogen and oxygen atoms in total. The Labute approximate surface area is 209 Å². The van der Waals surface area contributed by atoms with Crippen LogP contribution in [0.4, 0.5) is 0 Å². The van der Waals surface area contributed by atoms with Gasteiger partial charge in [-0.15, -0.1) is 0 Å². The maximum absolute atomic E-state index is 12.7. The van der Waals surface area contributed by atoms with Gasteiger partial charge in [0, 0.05) is 18.4 Å². The number of aromatic nitrogens is 2. The van der Waals surface area contributed by atoms with Crippen LogP contribution in [0.5, 0.6) is 17.2 Å². The summed E-state index contributed by atoms with van der Waals surface area (Å²) in [6.45, 7) is 3.55. The van der Waals surface area contributed by atoms with Crippen molar-refractivity contribution in [3.8, 4) is 28.6 Å². The van der Waals surface area contributed by atoms with Crippen molar-refractivity contribution in [2.45, 2.75) is 45.3 Å². The van der Waals surface area contributed by atoms with Crippen LogP contribution in [0.15, 0.2) is 47.0 Å². The number of hydrogen-bond donors (Lipinski definition) is 1. The molecule has 1 N–H and O–H groups in total. The molecule has 1 atom stereocenters. The van der Waals surface area contributed by atoms with E-state index in [1.807, 2.05) is 0 Å². The lowest BCUT2D eigenvalue weighted by Gasteiger charge is -2.19. The standard InChI is InChI=1S/C26H31N3O7/c1-16(2)35-25(31)15-20(17-6-9-19(32-3)10-7-17)27-23(30)12-13-24-28-26(29-36-24)18-8-11-21(33-4)22(14-18)34-5/h6-11,14,16,20H,12-13,15H2,1-5H3,(H,27,30). The van der Waals surface area contributed by atoms with Gasteiger partial charge in [0.15, 0.2) is 11.5 Å². The van der Waals surface area contributed by atoms with Crippen molar-refractivity contribution in [2.24, 2.45) is 0 Å². The Balaban J connectivity index is 1.64. The first-order chi connectivity index (χ1) is 17.3. The van der Waals surface area contributed by atoms with Gasteiger partial charge in [-0.3, -0.25) is 9.59 Å². The first kappa shape index (κ1) is 26.5. The predicted molar refractivity (Wildman–Crippen MR) is 131 cm³/mol. The number of methoxy groups -OCH3 is 3. The van der Waals surface area contributed by atoms with Crippen molar-refractivity contribution in [1.29, 1.82) is 0 Å². The number of hydrogen-bond acceptors (Lipinski definition) is 9. The molecule has 0 aliphatic rings. The summed E-state index contributed by atoms with van der Waals surface area (Å²) in [5, 5.41) is 6.91. The van der Waals surface area contributed by atoms with E-state index < -0.39 is 12.0 Å². The third kappa shape index (κ3) is 7.21. The molecule has 1 amide bonds. The Morgan fingerprint density at radius 2 is 1.69 bits per heavy atom. The topological polar surface area (TPSA) is 122 Å². The van der Waals surface area contributed by atoms with Crippen LogP contribution in [-0.4, -0.2) is 49.5 Å². The number of rotatable bonds is 12. The fourth-order valence-corrected chi connectivity index (χ4v) is 3.50. The predicted octanol–water partition coefficient (Wildman–Crippen LogP) is 3.89. The summed E-state index contributed by atoms with van der Waals surface area (Å²) < 4.78 is 26.3. The highest BCUT2D eigenvalue weighted by molar-refractivity contribution is 5.78. The minimum atomic E-state index is -0.556. The molecule has 192 valence electrons. The van der Waals surface area contributed by atoms with Gasteiger partial charge in [0.05, 0.1) is 39.9 Å². The van der Waals surface area contributed by atoms with Gasteiger partial charge in [0.1, 0.15) is 5.75 Å².